The van der Waals surface area contributed by atoms with Gasteiger partial charge in [0.25, 0.3) is 5.91 Å². The summed E-state index contributed by atoms with van der Waals surface area (Å²) in [6, 6.07) is 24.0. The van der Waals surface area contributed by atoms with E-state index in [2.05, 4.69) is 5.32 Å². The molecule has 0 saturated heterocycles. The molecule has 1 heterocycles. The summed E-state index contributed by atoms with van der Waals surface area (Å²) in [6.45, 7) is 0. The third-order valence-corrected chi connectivity index (χ3v) is 5.43. The van der Waals surface area contributed by atoms with E-state index in [0.29, 0.717) is 5.69 Å². The van der Waals surface area contributed by atoms with E-state index < -0.39 is 5.97 Å². The van der Waals surface area contributed by atoms with Gasteiger partial charge in [-0.05, 0) is 24.3 Å². The minimum absolute atomic E-state index is 0.227. The molecule has 0 radical (unpaired) electrons. The number of esters is 1. The average Bonchev–Trinajstić information content (AvgIpc) is 3.30. The highest BCUT2D eigenvalue weighted by atomic mass is 32.1. The highest BCUT2D eigenvalue weighted by Crippen LogP contribution is 2.29. The molecule has 1 N–H and O–H groups in total. The van der Waals surface area contributed by atoms with Gasteiger partial charge in [0.15, 0.2) is 0 Å². The summed E-state index contributed by atoms with van der Waals surface area (Å²) >= 11 is 1.59. The first-order valence-electron chi connectivity index (χ1n) is 9.26. The van der Waals surface area contributed by atoms with Gasteiger partial charge in [-0.25, -0.2) is 9.78 Å². The van der Waals surface area contributed by atoms with Crippen molar-refractivity contribution in [3.63, 3.8) is 0 Å². The van der Waals surface area contributed by atoms with E-state index in [1.807, 2.05) is 60.0 Å². The Morgan fingerprint density at radius 1 is 0.833 bits per heavy atom. The number of hydrogen-bond acceptors (Lipinski definition) is 5. The molecule has 0 spiro atoms. The maximum Gasteiger partial charge on any atom is 0.338 e. The molecule has 6 heteroatoms. The summed E-state index contributed by atoms with van der Waals surface area (Å²) in [7, 11) is 1.29. The Hall–Kier alpha value is -3.77. The molecule has 4 rings (SSSR count). The van der Waals surface area contributed by atoms with Crippen LogP contribution in [0.15, 0.2) is 84.2 Å². The Kier molecular flexibility index (Phi) is 5.68. The number of thiazole rings is 1. The number of nitrogens with zero attached hydrogens (tertiary/aromatic N) is 1. The van der Waals surface area contributed by atoms with Gasteiger partial charge in [0.1, 0.15) is 5.01 Å². The molecular formula is C24H18N2O3S. The van der Waals surface area contributed by atoms with Gasteiger partial charge in [0.2, 0.25) is 0 Å². The van der Waals surface area contributed by atoms with Crippen molar-refractivity contribution in [1.82, 2.24) is 4.98 Å². The molecule has 5 nitrogen and oxygen atoms in total. The van der Waals surface area contributed by atoms with Gasteiger partial charge >= 0.3 is 5.97 Å². The van der Waals surface area contributed by atoms with Crippen LogP contribution in [0.5, 0.6) is 0 Å². The molecule has 0 aliphatic heterocycles. The first-order chi connectivity index (χ1) is 14.7. The number of aromatic nitrogens is 1. The average molecular weight is 414 g/mol. The van der Waals surface area contributed by atoms with Crippen LogP contribution in [0.4, 0.5) is 5.69 Å². The normalized spacial score (nSPS) is 10.4. The monoisotopic (exact) mass is 414 g/mol. The zero-order chi connectivity index (χ0) is 20.9. The number of carbonyl (C=O) groups excluding carboxylic acids is 2. The number of benzene rings is 3. The third kappa shape index (κ3) is 4.14. The van der Waals surface area contributed by atoms with Crippen LogP contribution < -0.4 is 5.32 Å². The molecule has 148 valence electrons. The van der Waals surface area contributed by atoms with Crippen molar-refractivity contribution in [2.75, 3.05) is 12.4 Å². The summed E-state index contributed by atoms with van der Waals surface area (Å²) in [4.78, 5) is 29.2. The van der Waals surface area contributed by atoms with Gasteiger partial charge < -0.3 is 10.1 Å². The Labute approximate surface area is 178 Å². The lowest BCUT2D eigenvalue weighted by Gasteiger charge is -2.09. The van der Waals surface area contributed by atoms with Crippen molar-refractivity contribution in [2.24, 2.45) is 0 Å². The van der Waals surface area contributed by atoms with E-state index in [1.165, 1.54) is 7.11 Å². The summed E-state index contributed by atoms with van der Waals surface area (Å²) in [5.41, 5.74) is 4.04. The fourth-order valence-electron chi connectivity index (χ4n) is 3.01. The summed E-state index contributed by atoms with van der Waals surface area (Å²) < 4.78 is 4.75. The Bertz CT molecular complexity index is 1180. The Balaban J connectivity index is 1.51. The van der Waals surface area contributed by atoms with Gasteiger partial charge in [-0.15, -0.1) is 11.3 Å². The second-order valence-corrected chi connectivity index (χ2v) is 7.33. The van der Waals surface area contributed by atoms with E-state index in [0.717, 1.165) is 21.8 Å². The lowest BCUT2D eigenvalue weighted by atomic mass is 10.1. The number of rotatable bonds is 5. The SMILES string of the molecule is COC(=O)c1ccccc1C(=O)Nc1ccc(-c2csc(-c3ccccc3)n2)cc1. The molecule has 0 saturated carbocycles. The topological polar surface area (TPSA) is 68.3 Å². The van der Waals surface area contributed by atoms with Crippen LogP contribution in [0.1, 0.15) is 20.7 Å². The number of ether oxygens (including phenoxy) is 1. The number of methoxy groups -OCH3 is 1. The molecule has 30 heavy (non-hydrogen) atoms. The first-order valence-corrected chi connectivity index (χ1v) is 10.1. The van der Waals surface area contributed by atoms with Crippen molar-refractivity contribution < 1.29 is 14.3 Å². The number of amides is 1. The molecule has 0 unspecified atom stereocenters. The van der Waals surface area contributed by atoms with E-state index in [4.69, 9.17) is 9.72 Å². The number of carbonyl (C=O) groups is 2. The van der Waals surface area contributed by atoms with Gasteiger partial charge in [-0.3, -0.25) is 4.79 Å². The van der Waals surface area contributed by atoms with E-state index in [-0.39, 0.29) is 17.0 Å². The molecule has 1 amide bonds. The van der Waals surface area contributed by atoms with Crippen LogP contribution in [0, 0.1) is 0 Å². The highest BCUT2D eigenvalue weighted by Gasteiger charge is 2.17. The van der Waals surface area contributed by atoms with E-state index in [9.17, 15) is 9.59 Å². The zero-order valence-electron chi connectivity index (χ0n) is 16.2. The smallest absolute Gasteiger partial charge is 0.338 e. The quantitative estimate of drug-likeness (QED) is 0.437. The minimum Gasteiger partial charge on any atom is -0.465 e. The molecule has 0 bridgehead atoms. The van der Waals surface area contributed by atoms with Gasteiger partial charge in [-0.2, -0.15) is 0 Å². The fourth-order valence-corrected chi connectivity index (χ4v) is 3.85. The fraction of sp³-hybridized carbons (Fsp3) is 0.0417. The second-order valence-electron chi connectivity index (χ2n) is 6.47. The predicted octanol–water partition coefficient (Wildman–Crippen LogP) is 5.52. The molecule has 0 fully saturated rings. The molecule has 0 aliphatic rings. The van der Waals surface area contributed by atoms with Crippen LogP contribution in [-0.2, 0) is 4.74 Å². The van der Waals surface area contributed by atoms with Crippen molar-refractivity contribution >= 4 is 28.9 Å². The summed E-state index contributed by atoms with van der Waals surface area (Å²) in [6.07, 6.45) is 0. The van der Waals surface area contributed by atoms with E-state index >= 15 is 0 Å². The number of hydrogen-bond donors (Lipinski definition) is 1. The molecule has 0 atom stereocenters. The molecular weight excluding hydrogens is 396 g/mol. The largest absolute Gasteiger partial charge is 0.465 e. The van der Waals surface area contributed by atoms with Crippen molar-refractivity contribution in [3.8, 4) is 21.8 Å². The van der Waals surface area contributed by atoms with Gasteiger partial charge in [0, 0.05) is 22.2 Å². The van der Waals surface area contributed by atoms with Crippen LogP contribution in [0.3, 0.4) is 0 Å². The minimum atomic E-state index is -0.547. The highest BCUT2D eigenvalue weighted by molar-refractivity contribution is 7.13. The molecule has 4 aromatic rings. The van der Waals surface area contributed by atoms with Crippen molar-refractivity contribution in [1.29, 1.82) is 0 Å². The first kappa shape index (κ1) is 19.5. The molecule has 3 aromatic carbocycles. The maximum atomic E-state index is 12.6. The standard InChI is InChI=1S/C24H18N2O3S/c1-29-24(28)20-10-6-5-9-19(20)22(27)25-18-13-11-16(12-14-18)21-15-30-23(26-21)17-7-3-2-4-8-17/h2-15H,1H3,(H,25,27). The van der Waals surface area contributed by atoms with Crippen LogP contribution >= 0.6 is 11.3 Å². The van der Waals surface area contributed by atoms with Crippen LogP contribution in [-0.4, -0.2) is 24.0 Å². The van der Waals surface area contributed by atoms with Crippen LogP contribution in [0.2, 0.25) is 0 Å². The van der Waals surface area contributed by atoms with Gasteiger partial charge in [0.05, 0.1) is 23.9 Å². The number of anilines is 1. The second kappa shape index (κ2) is 8.71. The molecule has 1 aromatic heterocycles. The summed E-state index contributed by atoms with van der Waals surface area (Å²) in [5.74, 6) is -0.919. The number of nitrogens with one attached hydrogen (secondary N) is 1. The van der Waals surface area contributed by atoms with Crippen LogP contribution in [0.25, 0.3) is 21.8 Å². The van der Waals surface area contributed by atoms with Crippen molar-refractivity contribution in [3.05, 3.63) is 95.4 Å². The lowest BCUT2D eigenvalue weighted by Crippen LogP contribution is -2.17. The van der Waals surface area contributed by atoms with Crippen molar-refractivity contribution in [2.45, 2.75) is 0 Å². The zero-order valence-corrected chi connectivity index (χ0v) is 17.0. The Morgan fingerprint density at radius 3 is 2.20 bits per heavy atom. The summed E-state index contributed by atoms with van der Waals surface area (Å²) in [5, 5.41) is 5.80. The molecule has 0 aliphatic carbocycles. The van der Waals surface area contributed by atoms with Gasteiger partial charge in [-0.1, -0.05) is 54.6 Å². The third-order valence-electron chi connectivity index (χ3n) is 4.54. The maximum absolute atomic E-state index is 12.6. The van der Waals surface area contributed by atoms with E-state index in [1.54, 1.807) is 35.6 Å². The Morgan fingerprint density at radius 2 is 1.50 bits per heavy atom. The lowest BCUT2D eigenvalue weighted by molar-refractivity contribution is 0.0597. The predicted molar refractivity (Wildman–Crippen MR) is 119 cm³/mol.